The largest absolute Gasteiger partial charge is 0.340 e. The van der Waals surface area contributed by atoms with Gasteiger partial charge in [-0.1, -0.05) is 5.16 Å². The molecule has 0 aromatic carbocycles. The average molecular weight is 432 g/mol. The summed E-state index contributed by atoms with van der Waals surface area (Å²) in [5, 5.41) is 12.1. The number of pyridine rings is 2. The minimum Gasteiger partial charge on any atom is -0.340 e. The van der Waals surface area contributed by atoms with Crippen LogP contribution < -0.4 is 5.32 Å². The Balaban J connectivity index is 1.22. The summed E-state index contributed by atoms with van der Waals surface area (Å²) in [6.45, 7) is 4.05. The van der Waals surface area contributed by atoms with E-state index in [0.717, 1.165) is 48.0 Å². The summed E-state index contributed by atoms with van der Waals surface area (Å²) in [5.74, 6) is 1.75. The van der Waals surface area contributed by atoms with Gasteiger partial charge in [-0.25, -0.2) is 4.98 Å². The van der Waals surface area contributed by atoms with Crippen molar-refractivity contribution in [2.75, 3.05) is 18.4 Å². The summed E-state index contributed by atoms with van der Waals surface area (Å²) >= 11 is 0. The number of nitrogens with one attached hydrogen (secondary N) is 1. The third kappa shape index (κ3) is 4.35. The van der Waals surface area contributed by atoms with Crippen molar-refractivity contribution in [2.24, 2.45) is 13.0 Å². The lowest BCUT2D eigenvalue weighted by Crippen LogP contribution is -2.38. The maximum atomic E-state index is 12.8. The van der Waals surface area contributed by atoms with E-state index in [4.69, 9.17) is 4.52 Å². The number of fused-ring (bicyclic) bond motifs is 1. The van der Waals surface area contributed by atoms with Gasteiger partial charge in [0.15, 0.2) is 5.82 Å². The first kappa shape index (κ1) is 20.3. The molecule has 0 saturated carbocycles. The molecule has 4 aromatic rings. The zero-order valence-electron chi connectivity index (χ0n) is 18.0. The second kappa shape index (κ2) is 8.46. The van der Waals surface area contributed by atoms with Crippen LogP contribution in [0.15, 0.2) is 41.4 Å². The van der Waals surface area contributed by atoms with Crippen molar-refractivity contribution in [3.05, 3.63) is 48.6 Å². The molecular formula is C22H24N8O2. The van der Waals surface area contributed by atoms with Crippen LogP contribution in [0.3, 0.4) is 0 Å². The van der Waals surface area contributed by atoms with Crippen molar-refractivity contribution in [1.29, 1.82) is 0 Å². The Morgan fingerprint density at radius 3 is 2.72 bits per heavy atom. The van der Waals surface area contributed by atoms with Crippen molar-refractivity contribution in [2.45, 2.75) is 26.3 Å². The molecule has 32 heavy (non-hydrogen) atoms. The van der Waals surface area contributed by atoms with E-state index in [-0.39, 0.29) is 11.8 Å². The SMILES string of the molecule is Cc1nc(CN2CCC(C(=O)Nc3cc4cc(-c5cnn(C)c5)cnc4cn3)CC2)no1. The number of likely N-dealkylation sites (tertiary alicyclic amines) is 1. The molecule has 1 aliphatic heterocycles. The fourth-order valence-electron chi connectivity index (χ4n) is 4.01. The molecule has 4 aromatic heterocycles. The van der Waals surface area contributed by atoms with Crippen molar-refractivity contribution in [1.82, 2.24) is 34.8 Å². The molecule has 1 fully saturated rings. The minimum atomic E-state index is -0.0457. The highest BCUT2D eigenvalue weighted by Gasteiger charge is 2.26. The van der Waals surface area contributed by atoms with Crippen LogP contribution >= 0.6 is 0 Å². The number of hydrogen-bond donors (Lipinski definition) is 1. The smallest absolute Gasteiger partial charge is 0.228 e. The first-order valence-corrected chi connectivity index (χ1v) is 10.6. The Kier molecular flexibility index (Phi) is 5.36. The lowest BCUT2D eigenvalue weighted by Gasteiger charge is -2.30. The fourth-order valence-corrected chi connectivity index (χ4v) is 4.01. The molecule has 0 radical (unpaired) electrons. The summed E-state index contributed by atoms with van der Waals surface area (Å²) in [4.78, 5) is 28.2. The molecule has 1 aliphatic rings. The van der Waals surface area contributed by atoms with Crippen molar-refractivity contribution < 1.29 is 9.32 Å². The van der Waals surface area contributed by atoms with Gasteiger partial charge in [-0.2, -0.15) is 10.1 Å². The number of rotatable bonds is 5. The fraction of sp³-hybridized carbons (Fsp3) is 0.364. The van der Waals surface area contributed by atoms with Gasteiger partial charge in [-0.3, -0.25) is 19.4 Å². The van der Waals surface area contributed by atoms with Gasteiger partial charge < -0.3 is 9.84 Å². The van der Waals surface area contributed by atoms with E-state index >= 15 is 0 Å². The third-order valence-corrected chi connectivity index (χ3v) is 5.75. The van der Waals surface area contributed by atoms with Crippen molar-refractivity contribution >= 4 is 22.6 Å². The normalized spacial score (nSPS) is 15.3. The van der Waals surface area contributed by atoms with Gasteiger partial charge >= 0.3 is 0 Å². The highest BCUT2D eigenvalue weighted by molar-refractivity contribution is 5.94. The van der Waals surface area contributed by atoms with Crippen LogP contribution in [0.2, 0.25) is 0 Å². The number of aryl methyl sites for hydroxylation is 2. The average Bonchev–Trinajstić information content (AvgIpc) is 3.41. The monoisotopic (exact) mass is 432 g/mol. The summed E-state index contributed by atoms with van der Waals surface area (Å²) in [5.41, 5.74) is 2.74. The number of amides is 1. The molecule has 0 bridgehead atoms. The van der Waals surface area contributed by atoms with E-state index in [0.29, 0.717) is 24.1 Å². The van der Waals surface area contributed by atoms with Gasteiger partial charge in [0.25, 0.3) is 0 Å². The molecule has 164 valence electrons. The number of aromatic nitrogens is 6. The van der Waals surface area contributed by atoms with Gasteiger partial charge in [-0.05, 0) is 38.1 Å². The lowest BCUT2D eigenvalue weighted by molar-refractivity contribution is -0.121. The number of nitrogens with zero attached hydrogens (tertiary/aromatic N) is 7. The van der Waals surface area contributed by atoms with E-state index in [1.165, 1.54) is 0 Å². The second-order valence-corrected chi connectivity index (χ2v) is 8.16. The zero-order valence-corrected chi connectivity index (χ0v) is 18.0. The standard InChI is InChI=1S/C22H24N8O2/c1-14-26-21(28-32-14)13-30-5-3-15(4-6-30)22(31)27-20-8-16-7-17(9-23-19(16)11-24-20)18-10-25-29(2)12-18/h7-12,15H,3-6,13H2,1-2H3,(H,24,27,31). The summed E-state index contributed by atoms with van der Waals surface area (Å²) in [6.07, 6.45) is 8.81. The number of carbonyl (C=O) groups excluding carboxylic acids is 1. The number of carbonyl (C=O) groups is 1. The molecule has 5 rings (SSSR count). The van der Waals surface area contributed by atoms with Crippen LogP contribution in [0.5, 0.6) is 0 Å². The van der Waals surface area contributed by atoms with Crippen LogP contribution in [0.25, 0.3) is 22.0 Å². The first-order chi connectivity index (χ1) is 15.5. The number of anilines is 1. The Morgan fingerprint density at radius 2 is 2.00 bits per heavy atom. The van der Waals surface area contributed by atoms with E-state index in [1.54, 1.807) is 24.0 Å². The molecule has 0 unspecified atom stereocenters. The van der Waals surface area contributed by atoms with E-state index in [9.17, 15) is 4.79 Å². The van der Waals surface area contributed by atoms with Crippen LogP contribution in [-0.4, -0.2) is 53.8 Å². The predicted octanol–water partition coefficient (Wildman–Crippen LogP) is 2.57. The minimum absolute atomic E-state index is 0.00304. The van der Waals surface area contributed by atoms with E-state index in [1.807, 2.05) is 31.6 Å². The molecule has 0 aliphatic carbocycles. The second-order valence-electron chi connectivity index (χ2n) is 8.16. The Labute approximate surface area is 184 Å². The molecule has 1 N–H and O–H groups in total. The molecule has 0 atom stereocenters. The molecule has 1 amide bonds. The van der Waals surface area contributed by atoms with Crippen molar-refractivity contribution in [3.63, 3.8) is 0 Å². The number of piperidine rings is 1. The third-order valence-electron chi connectivity index (χ3n) is 5.75. The van der Waals surface area contributed by atoms with Crippen LogP contribution in [0.4, 0.5) is 5.82 Å². The molecule has 10 nitrogen and oxygen atoms in total. The van der Waals surface area contributed by atoms with Crippen LogP contribution in [-0.2, 0) is 18.4 Å². The van der Waals surface area contributed by atoms with Gasteiger partial charge in [0.05, 0.1) is 24.5 Å². The van der Waals surface area contributed by atoms with Gasteiger partial charge in [0.2, 0.25) is 11.8 Å². The van der Waals surface area contributed by atoms with Gasteiger partial charge in [0.1, 0.15) is 5.82 Å². The highest BCUT2D eigenvalue weighted by atomic mass is 16.5. The highest BCUT2D eigenvalue weighted by Crippen LogP contribution is 2.24. The van der Waals surface area contributed by atoms with Crippen LogP contribution in [0, 0.1) is 12.8 Å². The quantitative estimate of drug-likeness (QED) is 0.512. The Morgan fingerprint density at radius 1 is 1.16 bits per heavy atom. The predicted molar refractivity (Wildman–Crippen MR) is 117 cm³/mol. The van der Waals surface area contributed by atoms with Crippen molar-refractivity contribution in [3.8, 4) is 11.1 Å². The Hall–Kier alpha value is -3.66. The zero-order chi connectivity index (χ0) is 22.1. The lowest BCUT2D eigenvalue weighted by atomic mass is 9.96. The van der Waals surface area contributed by atoms with Gasteiger partial charge in [0, 0.05) is 48.8 Å². The molecule has 0 spiro atoms. The summed E-state index contributed by atoms with van der Waals surface area (Å²) < 4.78 is 6.78. The topological polar surface area (TPSA) is 115 Å². The van der Waals surface area contributed by atoms with Gasteiger partial charge in [-0.15, -0.1) is 0 Å². The molecule has 10 heteroatoms. The maximum Gasteiger partial charge on any atom is 0.228 e. The molecule has 1 saturated heterocycles. The molecular weight excluding hydrogens is 408 g/mol. The van der Waals surface area contributed by atoms with E-state index < -0.39 is 0 Å². The Bertz CT molecular complexity index is 1260. The first-order valence-electron chi connectivity index (χ1n) is 10.6. The maximum absolute atomic E-state index is 12.8. The summed E-state index contributed by atoms with van der Waals surface area (Å²) in [6, 6.07) is 3.91. The molecule has 5 heterocycles. The summed E-state index contributed by atoms with van der Waals surface area (Å²) in [7, 11) is 1.88. The van der Waals surface area contributed by atoms with E-state index in [2.05, 4.69) is 35.4 Å². The number of hydrogen-bond acceptors (Lipinski definition) is 8. The van der Waals surface area contributed by atoms with Crippen LogP contribution in [0.1, 0.15) is 24.6 Å².